The van der Waals surface area contributed by atoms with E-state index in [-0.39, 0.29) is 0 Å². The van der Waals surface area contributed by atoms with Crippen LogP contribution in [0.3, 0.4) is 0 Å². The molecule has 0 saturated carbocycles. The van der Waals surface area contributed by atoms with E-state index in [1.54, 1.807) is 11.3 Å². The van der Waals surface area contributed by atoms with Crippen molar-refractivity contribution in [1.82, 2.24) is 0 Å². The van der Waals surface area contributed by atoms with Crippen LogP contribution in [0.4, 0.5) is 5.00 Å². The van der Waals surface area contributed by atoms with Gasteiger partial charge < -0.3 is 4.90 Å². The van der Waals surface area contributed by atoms with Crippen LogP contribution in [0.1, 0.15) is 49.3 Å². The zero-order valence-electron chi connectivity index (χ0n) is 13.3. The number of nitrogens with zero attached hydrogens (tertiary/aromatic N) is 1. The second-order valence-corrected chi connectivity index (χ2v) is 8.93. The average molecular weight is 398 g/mol. The maximum atomic E-state index is 3.51. The second kappa shape index (κ2) is 9.53. The molecule has 0 amide bonds. The Labute approximate surface area is 150 Å². The number of unbranched alkanes of at least 4 members (excludes halogenated alkanes) is 2. The molecule has 22 heavy (non-hydrogen) atoms. The Hall–Kier alpha value is -0.580. The van der Waals surface area contributed by atoms with Gasteiger partial charge in [-0.05, 0) is 65.2 Å². The first-order valence-corrected chi connectivity index (χ1v) is 10.4. The van der Waals surface area contributed by atoms with Crippen LogP contribution in [0, 0.1) is 0 Å². The summed E-state index contributed by atoms with van der Waals surface area (Å²) in [5, 5.41) is 1.41. The smallest absolute Gasteiger partial charge is 0.0914 e. The predicted octanol–water partition coefficient (Wildman–Crippen LogP) is 7.15. The van der Waals surface area contributed by atoms with Crippen LogP contribution in [0.15, 0.2) is 28.1 Å². The summed E-state index contributed by atoms with van der Waals surface area (Å²) in [6.07, 6.45) is 9.49. The predicted molar refractivity (Wildman–Crippen MR) is 107 cm³/mol. The number of rotatable bonds is 9. The van der Waals surface area contributed by atoms with Gasteiger partial charge in [-0.1, -0.05) is 26.7 Å². The van der Waals surface area contributed by atoms with E-state index < -0.39 is 0 Å². The summed E-state index contributed by atoms with van der Waals surface area (Å²) in [5.74, 6) is 0. The van der Waals surface area contributed by atoms with Crippen molar-refractivity contribution in [3.8, 4) is 0 Å². The molecule has 0 aliphatic rings. The number of halogens is 1. The summed E-state index contributed by atoms with van der Waals surface area (Å²) in [4.78, 5) is 5.17. The lowest BCUT2D eigenvalue weighted by molar-refractivity contribution is 0.682. The number of hydrogen-bond donors (Lipinski definition) is 0. The van der Waals surface area contributed by atoms with Gasteiger partial charge in [0.05, 0.1) is 8.79 Å². The topological polar surface area (TPSA) is 3.24 Å². The molecule has 2 rings (SSSR count). The van der Waals surface area contributed by atoms with Gasteiger partial charge in [-0.2, -0.15) is 0 Å². The van der Waals surface area contributed by atoms with Crippen molar-refractivity contribution >= 4 is 55.8 Å². The highest BCUT2D eigenvalue weighted by atomic mass is 79.9. The van der Waals surface area contributed by atoms with E-state index in [2.05, 4.69) is 71.1 Å². The molecule has 0 aliphatic heterocycles. The SMILES string of the molecule is CCCCN(CCCC)c1ccc(C=Cc2ccc(Br)s2)s1. The second-order valence-electron chi connectivity index (χ2n) is 5.35. The molecular weight excluding hydrogens is 374 g/mol. The summed E-state index contributed by atoms with van der Waals surface area (Å²) in [6.45, 7) is 6.88. The van der Waals surface area contributed by atoms with Gasteiger partial charge in [0, 0.05) is 22.8 Å². The highest BCUT2D eigenvalue weighted by Gasteiger charge is 2.08. The van der Waals surface area contributed by atoms with E-state index >= 15 is 0 Å². The summed E-state index contributed by atoms with van der Waals surface area (Å²) in [5.41, 5.74) is 0. The van der Waals surface area contributed by atoms with E-state index in [4.69, 9.17) is 0 Å². The summed E-state index contributed by atoms with van der Waals surface area (Å²) >= 11 is 7.18. The van der Waals surface area contributed by atoms with Crippen LogP contribution < -0.4 is 4.90 Å². The molecule has 0 radical (unpaired) electrons. The van der Waals surface area contributed by atoms with Gasteiger partial charge in [-0.15, -0.1) is 22.7 Å². The zero-order chi connectivity index (χ0) is 15.8. The number of anilines is 1. The van der Waals surface area contributed by atoms with Gasteiger partial charge >= 0.3 is 0 Å². The minimum absolute atomic E-state index is 1.18. The van der Waals surface area contributed by atoms with Gasteiger partial charge in [-0.25, -0.2) is 0 Å². The minimum Gasteiger partial charge on any atom is -0.363 e. The van der Waals surface area contributed by atoms with Crippen molar-refractivity contribution in [3.05, 3.63) is 37.8 Å². The van der Waals surface area contributed by atoms with Crippen molar-refractivity contribution in [1.29, 1.82) is 0 Å². The molecule has 0 unspecified atom stereocenters. The monoisotopic (exact) mass is 397 g/mol. The van der Waals surface area contributed by atoms with Gasteiger partial charge in [0.15, 0.2) is 0 Å². The Morgan fingerprint density at radius 3 is 2.05 bits per heavy atom. The molecular formula is C18H24BrNS2. The van der Waals surface area contributed by atoms with Crippen LogP contribution in [-0.4, -0.2) is 13.1 Å². The number of hydrogen-bond acceptors (Lipinski definition) is 3. The minimum atomic E-state index is 1.18. The molecule has 0 spiro atoms. The van der Waals surface area contributed by atoms with Gasteiger partial charge in [0.2, 0.25) is 0 Å². The van der Waals surface area contributed by atoms with Crippen LogP contribution in [-0.2, 0) is 0 Å². The van der Waals surface area contributed by atoms with Crippen molar-refractivity contribution in [3.63, 3.8) is 0 Å². The molecule has 0 atom stereocenters. The highest BCUT2D eigenvalue weighted by Crippen LogP contribution is 2.29. The van der Waals surface area contributed by atoms with Crippen LogP contribution in [0.5, 0.6) is 0 Å². The molecule has 120 valence electrons. The van der Waals surface area contributed by atoms with Crippen LogP contribution in [0.2, 0.25) is 0 Å². The fraction of sp³-hybridized carbons (Fsp3) is 0.444. The van der Waals surface area contributed by atoms with E-state index in [9.17, 15) is 0 Å². The largest absolute Gasteiger partial charge is 0.363 e. The first kappa shape index (κ1) is 17.8. The van der Waals surface area contributed by atoms with Crippen LogP contribution in [0.25, 0.3) is 12.2 Å². The summed E-state index contributed by atoms with van der Waals surface area (Å²) < 4.78 is 1.18. The van der Waals surface area contributed by atoms with Gasteiger partial charge in [-0.3, -0.25) is 0 Å². The highest BCUT2D eigenvalue weighted by molar-refractivity contribution is 9.11. The Balaban J connectivity index is 2.02. The molecule has 1 nitrogen and oxygen atoms in total. The molecule has 2 aromatic heterocycles. The third kappa shape index (κ3) is 5.56. The van der Waals surface area contributed by atoms with Gasteiger partial charge in [0.1, 0.15) is 0 Å². The summed E-state index contributed by atoms with van der Waals surface area (Å²) in [7, 11) is 0. The fourth-order valence-electron chi connectivity index (χ4n) is 2.21. The Morgan fingerprint density at radius 2 is 1.50 bits per heavy atom. The normalized spacial score (nSPS) is 11.4. The van der Waals surface area contributed by atoms with Gasteiger partial charge in [0.25, 0.3) is 0 Å². The summed E-state index contributed by atoms with van der Waals surface area (Å²) in [6, 6.07) is 8.76. The third-order valence-corrected chi connectivity index (χ3v) is 6.19. The van der Waals surface area contributed by atoms with Crippen molar-refractivity contribution in [2.24, 2.45) is 0 Å². The van der Waals surface area contributed by atoms with Crippen molar-refractivity contribution in [2.75, 3.05) is 18.0 Å². The molecule has 0 N–H and O–H groups in total. The molecule has 0 aromatic carbocycles. The molecule has 0 aliphatic carbocycles. The standard InChI is InChI=1S/C18H24BrNS2/c1-3-5-13-20(14-6-4-2)18-12-10-16(22-18)8-7-15-9-11-17(19)21-15/h7-12H,3-6,13-14H2,1-2H3. The van der Waals surface area contributed by atoms with E-state index in [1.807, 2.05) is 11.3 Å². The van der Waals surface area contributed by atoms with E-state index in [0.717, 1.165) is 0 Å². The Kier molecular flexibility index (Phi) is 7.70. The fourth-order valence-corrected chi connectivity index (χ4v) is 4.50. The lowest BCUT2D eigenvalue weighted by Gasteiger charge is -2.22. The molecule has 0 bridgehead atoms. The molecule has 2 heterocycles. The molecule has 0 saturated heterocycles. The lowest BCUT2D eigenvalue weighted by atomic mass is 10.2. The third-order valence-electron chi connectivity index (χ3n) is 3.49. The van der Waals surface area contributed by atoms with Crippen LogP contribution >= 0.6 is 38.6 Å². The molecule has 4 heteroatoms. The maximum absolute atomic E-state index is 3.51. The molecule has 2 aromatic rings. The average Bonchev–Trinajstić information content (AvgIpc) is 3.14. The van der Waals surface area contributed by atoms with E-state index in [0.29, 0.717) is 0 Å². The first-order valence-electron chi connectivity index (χ1n) is 8.01. The van der Waals surface area contributed by atoms with Crippen molar-refractivity contribution in [2.45, 2.75) is 39.5 Å². The molecule has 0 fully saturated rings. The maximum Gasteiger partial charge on any atom is 0.0914 e. The number of thiophene rings is 2. The van der Waals surface area contributed by atoms with Crippen molar-refractivity contribution < 1.29 is 0 Å². The van der Waals surface area contributed by atoms with E-state index in [1.165, 1.54) is 57.3 Å². The zero-order valence-corrected chi connectivity index (χ0v) is 16.6. The Morgan fingerprint density at radius 1 is 0.909 bits per heavy atom. The quantitative estimate of drug-likeness (QED) is 0.434. The Bertz CT molecular complexity index is 577. The lowest BCUT2D eigenvalue weighted by Crippen LogP contribution is -2.24. The first-order chi connectivity index (χ1) is 10.7.